The average Bonchev–Trinajstić information content (AvgIpc) is 3.56. The van der Waals surface area contributed by atoms with Gasteiger partial charge in [0.2, 0.25) is 10.0 Å². The van der Waals surface area contributed by atoms with E-state index in [4.69, 9.17) is 16.3 Å². The number of methoxy groups -OCH3 is 1. The van der Waals surface area contributed by atoms with Crippen LogP contribution in [0.3, 0.4) is 0 Å². The summed E-state index contributed by atoms with van der Waals surface area (Å²) >= 11 is 7.75. The van der Waals surface area contributed by atoms with Crippen molar-refractivity contribution < 1.29 is 21.9 Å². The predicted octanol–water partition coefficient (Wildman–Crippen LogP) is 4.97. The van der Waals surface area contributed by atoms with Gasteiger partial charge in [-0.15, -0.1) is 0 Å². The number of anilines is 3. The van der Waals surface area contributed by atoms with Gasteiger partial charge in [0.15, 0.2) is 5.75 Å². The van der Waals surface area contributed by atoms with Crippen LogP contribution >= 0.6 is 34.2 Å². The number of hydrogen-bond donors (Lipinski definition) is 2. The summed E-state index contributed by atoms with van der Waals surface area (Å²) < 4.78 is 64.7. The van der Waals surface area contributed by atoms with Crippen LogP contribution in [0.15, 0.2) is 47.3 Å². The first-order chi connectivity index (χ1) is 16.0. The minimum Gasteiger partial charge on any atom is -0.494 e. The van der Waals surface area contributed by atoms with Gasteiger partial charge in [0.25, 0.3) is 5.56 Å². The molecule has 2 aromatic carbocycles. The van der Waals surface area contributed by atoms with Gasteiger partial charge < -0.3 is 10.1 Å². The van der Waals surface area contributed by atoms with Crippen molar-refractivity contribution in [2.45, 2.75) is 17.6 Å². The summed E-state index contributed by atoms with van der Waals surface area (Å²) in [7, 11) is -1.34. The van der Waals surface area contributed by atoms with Crippen LogP contribution in [0.5, 0.6) is 5.75 Å². The Hall–Kier alpha value is -2.38. The number of nitrogens with one attached hydrogen (secondary N) is 2. The molecule has 2 atom stereocenters. The van der Waals surface area contributed by atoms with Crippen molar-refractivity contribution in [1.29, 1.82) is 0 Å². The molecule has 34 heavy (non-hydrogen) atoms. The molecule has 1 heterocycles. The van der Waals surface area contributed by atoms with E-state index in [1.807, 2.05) is 22.6 Å². The molecule has 12 heteroatoms. The molecule has 0 bridgehead atoms. The van der Waals surface area contributed by atoms with Crippen LogP contribution in [0, 0.1) is 15.2 Å². The maximum Gasteiger partial charge on any atom is 0.255 e. The number of sulfonamides is 1. The fraction of sp³-hybridized carbons (Fsp3) is 0.227. The zero-order valence-corrected chi connectivity index (χ0v) is 21.6. The molecule has 1 aliphatic rings. The van der Waals surface area contributed by atoms with Crippen LogP contribution in [0.1, 0.15) is 17.9 Å². The van der Waals surface area contributed by atoms with E-state index in [2.05, 4.69) is 10.0 Å². The first kappa shape index (κ1) is 24.7. The molecule has 0 spiro atoms. The second kappa shape index (κ2) is 9.34. The summed E-state index contributed by atoms with van der Waals surface area (Å²) in [5.41, 5.74) is -0.270. The predicted molar refractivity (Wildman–Crippen MR) is 136 cm³/mol. The highest BCUT2D eigenvalue weighted by molar-refractivity contribution is 14.1. The van der Waals surface area contributed by atoms with E-state index in [1.54, 1.807) is 6.07 Å². The fourth-order valence-electron chi connectivity index (χ4n) is 3.66. The van der Waals surface area contributed by atoms with Gasteiger partial charge in [-0.05, 0) is 64.9 Å². The molecular weight excluding hydrogens is 603 g/mol. The molecule has 4 rings (SSSR count). The smallest absolute Gasteiger partial charge is 0.255 e. The summed E-state index contributed by atoms with van der Waals surface area (Å²) in [6, 6.07) is 9.65. The first-order valence-corrected chi connectivity index (χ1v) is 13.0. The van der Waals surface area contributed by atoms with E-state index >= 15 is 0 Å². The minimum absolute atomic E-state index is 0.0112. The van der Waals surface area contributed by atoms with E-state index < -0.39 is 38.4 Å². The molecule has 1 aromatic heterocycles. The van der Waals surface area contributed by atoms with Crippen molar-refractivity contribution in [2.75, 3.05) is 17.1 Å². The lowest BCUT2D eigenvalue weighted by molar-refractivity contribution is 0.415. The molecule has 1 fully saturated rings. The van der Waals surface area contributed by atoms with Crippen LogP contribution in [-0.2, 0) is 17.1 Å². The number of rotatable bonds is 7. The number of halogens is 4. The van der Waals surface area contributed by atoms with Gasteiger partial charge in [-0.2, -0.15) is 0 Å². The lowest BCUT2D eigenvalue weighted by atomic mass is 10.1. The minimum atomic E-state index is -4.04. The second-order valence-electron chi connectivity index (χ2n) is 7.78. The first-order valence-electron chi connectivity index (χ1n) is 9.98. The molecule has 0 amide bonds. The number of nitrogens with zero attached hydrogens (tertiary/aromatic N) is 1. The Kier molecular flexibility index (Phi) is 6.80. The highest BCUT2D eigenvalue weighted by Gasteiger charge is 2.49. The zero-order valence-electron chi connectivity index (χ0n) is 17.9. The molecule has 0 aliphatic heterocycles. The van der Waals surface area contributed by atoms with E-state index in [1.165, 1.54) is 38.4 Å². The highest BCUT2D eigenvalue weighted by atomic mass is 127. The third-order valence-electron chi connectivity index (χ3n) is 5.54. The third-order valence-corrected chi connectivity index (χ3v) is 8.26. The Morgan fingerprint density at radius 2 is 1.88 bits per heavy atom. The van der Waals surface area contributed by atoms with Gasteiger partial charge in [0.1, 0.15) is 23.1 Å². The highest BCUT2D eigenvalue weighted by Crippen LogP contribution is 2.48. The average molecular weight is 622 g/mol. The van der Waals surface area contributed by atoms with Crippen molar-refractivity contribution >= 4 is 61.4 Å². The topological polar surface area (TPSA) is 89.4 Å². The Bertz CT molecular complexity index is 1450. The van der Waals surface area contributed by atoms with E-state index in [-0.39, 0.29) is 39.9 Å². The summed E-state index contributed by atoms with van der Waals surface area (Å²) in [4.78, 5) is 12.4. The number of hydrogen-bond acceptors (Lipinski definition) is 5. The third kappa shape index (κ3) is 4.86. The van der Waals surface area contributed by atoms with Crippen molar-refractivity contribution in [3.8, 4) is 5.75 Å². The molecule has 0 saturated heterocycles. The Morgan fingerprint density at radius 3 is 2.53 bits per heavy atom. The molecule has 7 nitrogen and oxygen atoms in total. The van der Waals surface area contributed by atoms with Crippen LogP contribution in [0.2, 0.25) is 5.02 Å². The van der Waals surface area contributed by atoms with Crippen molar-refractivity contribution in [2.24, 2.45) is 7.05 Å². The maximum atomic E-state index is 14.5. The van der Waals surface area contributed by atoms with Gasteiger partial charge in [0.05, 0.1) is 18.0 Å². The normalized spacial score (nSPS) is 17.4. The molecule has 180 valence electrons. The molecule has 1 saturated carbocycles. The number of pyridine rings is 1. The summed E-state index contributed by atoms with van der Waals surface area (Å²) in [5, 5.41) is 2.10. The zero-order chi connectivity index (χ0) is 24.8. The quantitative estimate of drug-likeness (QED) is 0.364. The van der Waals surface area contributed by atoms with Gasteiger partial charge in [-0.1, -0.05) is 17.7 Å². The van der Waals surface area contributed by atoms with Crippen LogP contribution in [0.4, 0.5) is 26.0 Å². The molecular formula is C22H19ClF2IN3O4S. The lowest BCUT2D eigenvalue weighted by Gasteiger charge is -2.20. The standard InChI is InChI=1S/C22H19ClF2IN3O4S/c1-29-20(30)10-18(33-2)21(22(29)27-17-6-4-12(26)8-16(17)25)28-34(31,32)19-9-14(19)13-5-3-11(23)7-15(13)24/h3-8,10,14,19,27-28H,9H2,1-2H3. The van der Waals surface area contributed by atoms with Gasteiger partial charge in [-0.25, -0.2) is 17.2 Å². The number of benzene rings is 2. The number of aromatic nitrogens is 1. The SMILES string of the molecule is COc1cc(=O)n(C)c(Nc2ccc(I)cc2F)c1NS(=O)(=O)C1CC1c1ccc(Cl)cc1F. The van der Waals surface area contributed by atoms with Crippen molar-refractivity contribution in [1.82, 2.24) is 4.57 Å². The summed E-state index contributed by atoms with van der Waals surface area (Å²) in [5.74, 6) is -1.78. The van der Waals surface area contributed by atoms with Gasteiger partial charge >= 0.3 is 0 Å². The fourth-order valence-corrected chi connectivity index (χ4v) is 5.95. The molecule has 2 unspecified atom stereocenters. The molecule has 3 aromatic rings. The van der Waals surface area contributed by atoms with Crippen LogP contribution in [-0.4, -0.2) is 25.3 Å². The Labute approximate surface area is 213 Å². The Morgan fingerprint density at radius 1 is 1.15 bits per heavy atom. The summed E-state index contributed by atoms with van der Waals surface area (Å²) in [6.45, 7) is 0. The largest absolute Gasteiger partial charge is 0.494 e. The van der Waals surface area contributed by atoms with E-state index in [0.717, 1.165) is 16.7 Å². The molecule has 0 radical (unpaired) electrons. The van der Waals surface area contributed by atoms with Crippen molar-refractivity contribution in [3.63, 3.8) is 0 Å². The lowest BCUT2D eigenvalue weighted by Crippen LogP contribution is -2.25. The summed E-state index contributed by atoms with van der Waals surface area (Å²) in [6.07, 6.45) is 0.205. The second-order valence-corrected chi connectivity index (χ2v) is 11.4. The van der Waals surface area contributed by atoms with E-state index in [9.17, 15) is 22.0 Å². The van der Waals surface area contributed by atoms with Crippen molar-refractivity contribution in [3.05, 3.63) is 78.6 Å². The maximum absolute atomic E-state index is 14.5. The number of ether oxygens (including phenoxy) is 1. The van der Waals surface area contributed by atoms with Gasteiger partial charge in [0, 0.05) is 27.6 Å². The van der Waals surface area contributed by atoms with Gasteiger partial charge in [-0.3, -0.25) is 14.1 Å². The van der Waals surface area contributed by atoms with E-state index in [0.29, 0.717) is 3.57 Å². The molecule has 1 aliphatic carbocycles. The van der Waals surface area contributed by atoms with Crippen LogP contribution in [0.25, 0.3) is 0 Å². The monoisotopic (exact) mass is 621 g/mol. The van der Waals surface area contributed by atoms with Crippen LogP contribution < -0.4 is 20.3 Å². The molecule has 2 N–H and O–H groups in total. The Balaban J connectivity index is 1.71.